The number of piperidine rings is 1. The number of ether oxygens (including phenoxy) is 1. The van der Waals surface area contributed by atoms with Crippen LogP contribution in [0.25, 0.3) is 0 Å². The van der Waals surface area contributed by atoms with Crippen molar-refractivity contribution in [3.8, 4) is 5.19 Å². The molecule has 1 N–H and O–H groups in total. The molecular formula is C22H25F2IN4O2S. The van der Waals surface area contributed by atoms with Gasteiger partial charge in [0.2, 0.25) is 11.1 Å². The van der Waals surface area contributed by atoms with Crippen LogP contribution >= 0.6 is 33.9 Å². The summed E-state index contributed by atoms with van der Waals surface area (Å²) >= 11 is 3.40. The quantitative estimate of drug-likeness (QED) is 0.462. The number of amides is 1. The fraction of sp³-hybridized carbons (Fsp3) is 0.591. The molecule has 5 rings (SSSR count). The highest BCUT2D eigenvalue weighted by Gasteiger charge is 2.44. The van der Waals surface area contributed by atoms with Crippen LogP contribution in [0.15, 0.2) is 18.2 Å². The minimum Gasteiger partial charge on any atom is -0.466 e. The molecule has 0 radical (unpaired) electrons. The Kier molecular flexibility index (Phi) is 6.02. The zero-order chi connectivity index (χ0) is 22.3. The average Bonchev–Trinajstić information content (AvgIpc) is 3.37. The summed E-state index contributed by atoms with van der Waals surface area (Å²) in [5, 5.41) is 11.5. The summed E-state index contributed by atoms with van der Waals surface area (Å²) in [6.07, 6.45) is 4.99. The number of halogens is 3. The van der Waals surface area contributed by atoms with E-state index in [0.717, 1.165) is 33.7 Å². The molecule has 1 spiro atoms. The van der Waals surface area contributed by atoms with Crippen molar-refractivity contribution in [1.29, 1.82) is 0 Å². The number of carbonyl (C=O) groups excluding carboxylic acids is 1. The van der Waals surface area contributed by atoms with E-state index in [1.54, 1.807) is 0 Å². The van der Waals surface area contributed by atoms with Crippen molar-refractivity contribution >= 4 is 50.7 Å². The number of anilines is 2. The van der Waals surface area contributed by atoms with Gasteiger partial charge in [-0.1, -0.05) is 5.10 Å². The van der Waals surface area contributed by atoms with E-state index in [1.165, 1.54) is 25.7 Å². The van der Waals surface area contributed by atoms with Gasteiger partial charge in [-0.3, -0.25) is 10.1 Å². The maximum absolute atomic E-state index is 13.3. The second-order valence-corrected chi connectivity index (χ2v) is 11.3. The van der Waals surface area contributed by atoms with Crippen LogP contribution in [0.5, 0.6) is 5.19 Å². The standard InChI is InChI=1S/C22H25F2IN4O2S/c23-22(24)5-3-15(4-6-22)31-20-28-27-19(32-20)26-18(30)16-2-1-14(25)13-17(16)29-11-9-21(7-8-21)10-12-29/h1-2,13,15H,3-12H2,(H,26,27,30). The van der Waals surface area contributed by atoms with Gasteiger partial charge >= 0.3 is 0 Å². The van der Waals surface area contributed by atoms with E-state index in [-0.39, 0.29) is 37.7 Å². The van der Waals surface area contributed by atoms with Crippen molar-refractivity contribution in [1.82, 2.24) is 10.2 Å². The monoisotopic (exact) mass is 574 g/mol. The van der Waals surface area contributed by atoms with Gasteiger partial charge in [-0.15, -0.1) is 5.10 Å². The molecule has 1 amide bonds. The molecular weight excluding hydrogens is 549 g/mol. The number of hydrogen-bond donors (Lipinski definition) is 1. The van der Waals surface area contributed by atoms with E-state index in [0.29, 0.717) is 21.3 Å². The average molecular weight is 574 g/mol. The largest absolute Gasteiger partial charge is 0.466 e. The molecule has 0 unspecified atom stereocenters. The molecule has 1 saturated heterocycles. The molecule has 0 bridgehead atoms. The zero-order valence-electron chi connectivity index (χ0n) is 17.6. The molecule has 10 heteroatoms. The van der Waals surface area contributed by atoms with Gasteiger partial charge in [0.25, 0.3) is 11.1 Å². The predicted octanol–water partition coefficient (Wildman–Crippen LogP) is 5.73. The van der Waals surface area contributed by atoms with Crippen molar-refractivity contribution in [2.24, 2.45) is 5.41 Å². The molecule has 0 atom stereocenters. The first kappa shape index (κ1) is 22.2. The number of carbonyl (C=O) groups is 1. The van der Waals surface area contributed by atoms with Gasteiger partial charge in [-0.2, -0.15) is 0 Å². The predicted molar refractivity (Wildman–Crippen MR) is 128 cm³/mol. The molecule has 1 aromatic carbocycles. The Hall–Kier alpha value is -1.56. The molecule has 2 saturated carbocycles. The van der Waals surface area contributed by atoms with E-state index < -0.39 is 5.92 Å². The van der Waals surface area contributed by atoms with Crippen LogP contribution in [0.3, 0.4) is 0 Å². The van der Waals surface area contributed by atoms with Gasteiger partial charge in [0.05, 0.1) is 11.3 Å². The zero-order valence-corrected chi connectivity index (χ0v) is 20.6. The Labute approximate surface area is 203 Å². The van der Waals surface area contributed by atoms with Gasteiger partial charge in [0, 0.05) is 29.5 Å². The lowest BCUT2D eigenvalue weighted by molar-refractivity contribution is -0.0583. The molecule has 1 aliphatic heterocycles. The van der Waals surface area contributed by atoms with Crippen LogP contribution in [-0.4, -0.2) is 41.2 Å². The van der Waals surface area contributed by atoms with Crippen LogP contribution in [0.2, 0.25) is 0 Å². The Morgan fingerprint density at radius 1 is 1.12 bits per heavy atom. The highest BCUT2D eigenvalue weighted by atomic mass is 127. The normalized spacial score (nSPS) is 22.0. The third-order valence-electron chi connectivity index (χ3n) is 6.88. The molecule has 32 heavy (non-hydrogen) atoms. The van der Waals surface area contributed by atoms with E-state index in [1.807, 2.05) is 12.1 Å². The van der Waals surface area contributed by atoms with Gasteiger partial charge in [0.15, 0.2) is 0 Å². The second-order valence-electron chi connectivity index (χ2n) is 9.15. The Balaban J connectivity index is 1.24. The Morgan fingerprint density at radius 3 is 2.53 bits per heavy atom. The topological polar surface area (TPSA) is 67.3 Å². The molecule has 6 nitrogen and oxygen atoms in total. The van der Waals surface area contributed by atoms with E-state index in [4.69, 9.17) is 4.74 Å². The van der Waals surface area contributed by atoms with E-state index >= 15 is 0 Å². The van der Waals surface area contributed by atoms with Crippen molar-refractivity contribution in [2.75, 3.05) is 23.3 Å². The number of aromatic nitrogens is 2. The molecule has 2 aromatic rings. The van der Waals surface area contributed by atoms with Gasteiger partial charge < -0.3 is 9.64 Å². The van der Waals surface area contributed by atoms with Crippen LogP contribution in [0.1, 0.15) is 61.7 Å². The molecule has 1 aromatic heterocycles. The minimum atomic E-state index is -2.60. The van der Waals surface area contributed by atoms with E-state index in [2.05, 4.69) is 49.1 Å². The van der Waals surface area contributed by atoms with Gasteiger partial charge in [-0.05, 0) is 96.1 Å². The minimum absolute atomic E-state index is 0.173. The lowest BCUT2D eigenvalue weighted by Gasteiger charge is -2.35. The first-order chi connectivity index (χ1) is 15.3. The SMILES string of the molecule is O=C(Nc1nnc(OC2CCC(F)(F)CC2)s1)c1ccc(I)cc1N1CCC2(CC1)CC2. The highest BCUT2D eigenvalue weighted by molar-refractivity contribution is 14.1. The molecule has 2 aliphatic carbocycles. The second kappa shape index (κ2) is 8.66. The lowest BCUT2D eigenvalue weighted by atomic mass is 9.93. The molecule has 2 heterocycles. The number of rotatable bonds is 5. The summed E-state index contributed by atoms with van der Waals surface area (Å²) in [7, 11) is 0. The Morgan fingerprint density at radius 2 is 1.84 bits per heavy atom. The van der Waals surface area contributed by atoms with Gasteiger partial charge in [0.1, 0.15) is 6.10 Å². The maximum atomic E-state index is 13.3. The first-order valence-electron chi connectivity index (χ1n) is 11.0. The smallest absolute Gasteiger partial charge is 0.296 e. The lowest BCUT2D eigenvalue weighted by Crippen LogP contribution is -2.35. The van der Waals surface area contributed by atoms with Crippen molar-refractivity contribution in [3.63, 3.8) is 0 Å². The molecule has 3 aliphatic rings. The summed E-state index contributed by atoms with van der Waals surface area (Å²) in [5.41, 5.74) is 2.14. The van der Waals surface area contributed by atoms with Crippen molar-refractivity contribution < 1.29 is 18.3 Å². The number of alkyl halides is 2. The summed E-state index contributed by atoms with van der Waals surface area (Å²) in [5.74, 6) is -2.83. The van der Waals surface area contributed by atoms with Crippen LogP contribution in [0, 0.1) is 8.99 Å². The number of nitrogens with one attached hydrogen (secondary N) is 1. The van der Waals surface area contributed by atoms with Crippen LogP contribution < -0.4 is 15.0 Å². The Bertz CT molecular complexity index is 994. The number of hydrogen-bond acceptors (Lipinski definition) is 6. The fourth-order valence-electron chi connectivity index (χ4n) is 4.60. The maximum Gasteiger partial charge on any atom is 0.296 e. The third kappa shape index (κ3) is 5.00. The highest BCUT2D eigenvalue weighted by Crippen LogP contribution is 2.54. The van der Waals surface area contributed by atoms with Crippen LogP contribution in [-0.2, 0) is 0 Å². The molecule has 3 fully saturated rings. The van der Waals surface area contributed by atoms with Gasteiger partial charge in [-0.25, -0.2) is 8.78 Å². The summed E-state index contributed by atoms with van der Waals surface area (Å²) < 4.78 is 33.5. The third-order valence-corrected chi connectivity index (χ3v) is 8.29. The fourth-order valence-corrected chi connectivity index (χ4v) is 5.74. The van der Waals surface area contributed by atoms with Crippen LogP contribution in [0.4, 0.5) is 19.6 Å². The summed E-state index contributed by atoms with van der Waals surface area (Å²) in [6, 6.07) is 5.85. The summed E-state index contributed by atoms with van der Waals surface area (Å²) in [4.78, 5) is 15.4. The number of benzene rings is 1. The van der Waals surface area contributed by atoms with E-state index in [9.17, 15) is 13.6 Å². The van der Waals surface area contributed by atoms with Crippen molar-refractivity contribution in [3.05, 3.63) is 27.3 Å². The summed E-state index contributed by atoms with van der Waals surface area (Å²) in [6.45, 7) is 1.94. The number of nitrogens with zero attached hydrogens (tertiary/aromatic N) is 3. The molecule has 172 valence electrons. The first-order valence-corrected chi connectivity index (χ1v) is 12.9. The van der Waals surface area contributed by atoms with Crippen molar-refractivity contribution in [2.45, 2.75) is 63.4 Å².